The number of carbonyl (C=O) groups is 1. The standard InChI is InChI=1S/C9H7Cl3N2OS/c1-5(15)16-4-2-3-6-7(10)13-9(12)14-8(6)11/h2-3H,4H2,1H3. The summed E-state index contributed by atoms with van der Waals surface area (Å²) in [5, 5.41) is 0.433. The third-order valence-corrected chi connectivity index (χ3v) is 3.00. The fourth-order valence-corrected chi connectivity index (χ4v) is 2.06. The molecule has 0 spiro atoms. The van der Waals surface area contributed by atoms with Crippen LogP contribution in [-0.4, -0.2) is 20.8 Å². The van der Waals surface area contributed by atoms with Gasteiger partial charge in [0.25, 0.3) is 0 Å². The molecule has 0 amide bonds. The average Bonchev–Trinajstić information content (AvgIpc) is 2.14. The summed E-state index contributed by atoms with van der Waals surface area (Å²) in [6.07, 6.45) is 3.42. The first kappa shape index (κ1) is 13.8. The largest absolute Gasteiger partial charge is 0.288 e. The lowest BCUT2D eigenvalue weighted by Crippen LogP contribution is -1.89. The summed E-state index contributed by atoms with van der Waals surface area (Å²) in [7, 11) is 0. The normalized spacial score (nSPS) is 11.0. The van der Waals surface area contributed by atoms with Crippen molar-refractivity contribution < 1.29 is 4.79 Å². The molecule has 16 heavy (non-hydrogen) atoms. The molecule has 1 rings (SSSR count). The van der Waals surface area contributed by atoms with Gasteiger partial charge in [0.15, 0.2) is 5.12 Å². The molecule has 1 aromatic heterocycles. The van der Waals surface area contributed by atoms with Gasteiger partial charge in [0.2, 0.25) is 5.28 Å². The molecule has 86 valence electrons. The van der Waals surface area contributed by atoms with Crippen molar-refractivity contribution in [2.24, 2.45) is 0 Å². The van der Waals surface area contributed by atoms with Crippen LogP contribution in [0.15, 0.2) is 6.08 Å². The van der Waals surface area contributed by atoms with E-state index in [4.69, 9.17) is 34.8 Å². The second-order valence-corrected chi connectivity index (χ2v) is 4.94. The Kier molecular flexibility index (Phi) is 5.55. The maximum atomic E-state index is 10.7. The van der Waals surface area contributed by atoms with Crippen LogP contribution in [0.4, 0.5) is 0 Å². The number of aromatic nitrogens is 2. The van der Waals surface area contributed by atoms with Gasteiger partial charge in [-0.15, -0.1) is 0 Å². The van der Waals surface area contributed by atoms with Crippen molar-refractivity contribution in [3.8, 4) is 0 Å². The molecule has 0 aliphatic rings. The first-order chi connectivity index (χ1) is 7.50. The molecule has 0 aliphatic heterocycles. The predicted octanol–water partition coefficient (Wildman–Crippen LogP) is 3.73. The van der Waals surface area contributed by atoms with Crippen molar-refractivity contribution in [1.82, 2.24) is 9.97 Å². The Morgan fingerprint density at radius 1 is 1.31 bits per heavy atom. The maximum absolute atomic E-state index is 10.7. The van der Waals surface area contributed by atoms with Gasteiger partial charge in [-0.3, -0.25) is 4.79 Å². The van der Waals surface area contributed by atoms with Gasteiger partial charge in [-0.1, -0.05) is 47.1 Å². The Labute approximate surface area is 112 Å². The number of hydrogen-bond acceptors (Lipinski definition) is 4. The topological polar surface area (TPSA) is 42.9 Å². The zero-order chi connectivity index (χ0) is 12.1. The molecule has 0 saturated heterocycles. The Bertz CT molecular complexity index is 414. The van der Waals surface area contributed by atoms with Gasteiger partial charge >= 0.3 is 0 Å². The Balaban J connectivity index is 2.77. The van der Waals surface area contributed by atoms with Crippen molar-refractivity contribution in [2.45, 2.75) is 6.92 Å². The van der Waals surface area contributed by atoms with Gasteiger partial charge < -0.3 is 0 Å². The molecule has 7 heteroatoms. The Hall–Kier alpha value is -0.290. The van der Waals surface area contributed by atoms with E-state index in [2.05, 4.69) is 9.97 Å². The summed E-state index contributed by atoms with van der Waals surface area (Å²) in [6.45, 7) is 1.50. The molecule has 0 unspecified atom stereocenters. The van der Waals surface area contributed by atoms with Crippen LogP contribution in [0.25, 0.3) is 6.08 Å². The molecule has 0 aromatic carbocycles. The minimum Gasteiger partial charge on any atom is -0.288 e. The summed E-state index contributed by atoms with van der Waals surface area (Å²) in [5.74, 6) is 0.546. The highest BCUT2D eigenvalue weighted by atomic mass is 35.5. The highest BCUT2D eigenvalue weighted by Gasteiger charge is 2.07. The van der Waals surface area contributed by atoms with Gasteiger partial charge in [-0.25, -0.2) is 9.97 Å². The third-order valence-electron chi connectivity index (χ3n) is 1.49. The van der Waals surface area contributed by atoms with E-state index in [1.54, 1.807) is 12.2 Å². The second-order valence-electron chi connectivity index (χ2n) is 2.69. The summed E-state index contributed by atoms with van der Waals surface area (Å²) < 4.78 is 0. The van der Waals surface area contributed by atoms with Crippen LogP contribution >= 0.6 is 46.6 Å². The van der Waals surface area contributed by atoms with Crippen molar-refractivity contribution in [3.05, 3.63) is 27.2 Å². The van der Waals surface area contributed by atoms with Gasteiger partial charge in [-0.2, -0.15) is 0 Å². The SMILES string of the molecule is CC(=O)SCC=Cc1c(Cl)nc(Cl)nc1Cl. The lowest BCUT2D eigenvalue weighted by molar-refractivity contribution is -0.109. The third kappa shape index (κ3) is 4.29. The van der Waals surface area contributed by atoms with Crippen LogP contribution in [0.1, 0.15) is 12.5 Å². The number of rotatable bonds is 3. The van der Waals surface area contributed by atoms with Crippen LogP contribution in [0, 0.1) is 0 Å². The average molecular weight is 298 g/mol. The van der Waals surface area contributed by atoms with Crippen LogP contribution in [-0.2, 0) is 4.79 Å². The predicted molar refractivity (Wildman–Crippen MR) is 69.2 cm³/mol. The minimum atomic E-state index is 0.00487. The molecule has 0 atom stereocenters. The van der Waals surface area contributed by atoms with Crippen molar-refractivity contribution in [1.29, 1.82) is 0 Å². The Morgan fingerprint density at radius 2 is 1.88 bits per heavy atom. The van der Waals surface area contributed by atoms with Gasteiger partial charge in [-0.05, 0) is 11.6 Å². The molecule has 1 aromatic rings. The summed E-state index contributed by atoms with van der Waals surface area (Å²) in [5.41, 5.74) is 0.497. The highest BCUT2D eigenvalue weighted by molar-refractivity contribution is 8.13. The lowest BCUT2D eigenvalue weighted by Gasteiger charge is -2.00. The molecule has 0 bridgehead atoms. The van der Waals surface area contributed by atoms with E-state index in [0.29, 0.717) is 11.3 Å². The van der Waals surface area contributed by atoms with E-state index in [-0.39, 0.29) is 20.7 Å². The first-order valence-electron chi connectivity index (χ1n) is 4.19. The molecule has 0 saturated carbocycles. The molecular formula is C9H7Cl3N2OS. The summed E-state index contributed by atoms with van der Waals surface area (Å²) in [6, 6.07) is 0. The van der Waals surface area contributed by atoms with Crippen molar-refractivity contribution in [3.63, 3.8) is 0 Å². The van der Waals surface area contributed by atoms with E-state index < -0.39 is 0 Å². The highest BCUT2D eigenvalue weighted by Crippen LogP contribution is 2.24. The van der Waals surface area contributed by atoms with E-state index >= 15 is 0 Å². The van der Waals surface area contributed by atoms with Gasteiger partial charge in [0, 0.05) is 18.2 Å². The van der Waals surface area contributed by atoms with E-state index in [0.717, 1.165) is 0 Å². The first-order valence-corrected chi connectivity index (χ1v) is 6.31. The number of nitrogens with zero attached hydrogens (tertiary/aromatic N) is 2. The molecule has 1 heterocycles. The molecule has 0 fully saturated rings. The van der Waals surface area contributed by atoms with Gasteiger partial charge in [0.05, 0.1) is 0 Å². The monoisotopic (exact) mass is 296 g/mol. The van der Waals surface area contributed by atoms with Crippen molar-refractivity contribution >= 4 is 57.8 Å². The summed E-state index contributed by atoms with van der Waals surface area (Å²) >= 11 is 18.4. The van der Waals surface area contributed by atoms with E-state index in [1.807, 2.05) is 0 Å². The quantitative estimate of drug-likeness (QED) is 0.630. The number of carbonyl (C=O) groups excluding carboxylic acids is 1. The van der Waals surface area contributed by atoms with Crippen LogP contribution < -0.4 is 0 Å². The van der Waals surface area contributed by atoms with Gasteiger partial charge in [0.1, 0.15) is 10.3 Å². The Morgan fingerprint density at radius 3 is 2.38 bits per heavy atom. The van der Waals surface area contributed by atoms with E-state index in [9.17, 15) is 4.79 Å². The summed E-state index contributed by atoms with van der Waals surface area (Å²) in [4.78, 5) is 18.2. The maximum Gasteiger partial charge on any atom is 0.225 e. The zero-order valence-electron chi connectivity index (χ0n) is 8.21. The second kappa shape index (κ2) is 6.45. The fraction of sp³-hybridized carbons (Fsp3) is 0.222. The van der Waals surface area contributed by atoms with Crippen LogP contribution in [0.3, 0.4) is 0 Å². The molecule has 0 aliphatic carbocycles. The molecular weight excluding hydrogens is 291 g/mol. The van der Waals surface area contributed by atoms with Crippen LogP contribution in [0.5, 0.6) is 0 Å². The number of halogens is 3. The molecule has 0 radical (unpaired) electrons. The van der Waals surface area contributed by atoms with Crippen molar-refractivity contribution in [2.75, 3.05) is 5.75 Å². The fourth-order valence-electron chi connectivity index (χ4n) is 0.862. The smallest absolute Gasteiger partial charge is 0.225 e. The zero-order valence-corrected chi connectivity index (χ0v) is 11.3. The lowest BCUT2D eigenvalue weighted by atomic mass is 10.3. The van der Waals surface area contributed by atoms with E-state index in [1.165, 1.54) is 18.7 Å². The molecule has 0 N–H and O–H groups in total. The molecule has 3 nitrogen and oxygen atoms in total. The number of thioether (sulfide) groups is 1. The van der Waals surface area contributed by atoms with Crippen LogP contribution in [0.2, 0.25) is 15.6 Å². The number of hydrogen-bond donors (Lipinski definition) is 0. The minimum absolute atomic E-state index is 0.00487.